The van der Waals surface area contributed by atoms with Crippen molar-refractivity contribution >= 4 is 23.1 Å². The zero-order valence-electron chi connectivity index (χ0n) is 14.4. The second kappa shape index (κ2) is 7.45. The quantitative estimate of drug-likeness (QED) is 0.748. The molecule has 0 fully saturated rings. The van der Waals surface area contributed by atoms with Crippen molar-refractivity contribution in [2.24, 2.45) is 0 Å². The van der Waals surface area contributed by atoms with Gasteiger partial charge >= 0.3 is 0 Å². The number of nitrogens with zero attached hydrogens (tertiary/aromatic N) is 3. The van der Waals surface area contributed by atoms with Gasteiger partial charge in [-0.2, -0.15) is 5.26 Å². The van der Waals surface area contributed by atoms with Gasteiger partial charge in [0.1, 0.15) is 11.5 Å². The smallest absolute Gasteiger partial charge is 0.275 e. The minimum absolute atomic E-state index is 0.233. The summed E-state index contributed by atoms with van der Waals surface area (Å²) in [5.41, 5.74) is 4.41. The Labute approximate surface area is 151 Å². The molecular weight excluding hydrogens is 326 g/mol. The van der Waals surface area contributed by atoms with Crippen molar-refractivity contribution in [2.75, 3.05) is 10.6 Å². The summed E-state index contributed by atoms with van der Waals surface area (Å²) < 4.78 is 0. The second-order valence-electron chi connectivity index (χ2n) is 5.87. The average Bonchev–Trinajstić information content (AvgIpc) is 2.66. The number of carbonyl (C=O) groups is 1. The SMILES string of the molecule is Cc1ccc(C)c(NC(=O)c2cnc(Nc3ccc(C#N)cc3)cn2)c1. The highest BCUT2D eigenvalue weighted by atomic mass is 16.1. The number of anilines is 3. The molecule has 2 N–H and O–H groups in total. The van der Waals surface area contributed by atoms with Crippen molar-refractivity contribution in [3.8, 4) is 6.07 Å². The van der Waals surface area contributed by atoms with Gasteiger partial charge in [0.05, 0.1) is 24.0 Å². The second-order valence-corrected chi connectivity index (χ2v) is 5.87. The molecule has 0 aliphatic heterocycles. The van der Waals surface area contributed by atoms with Crippen LogP contribution in [0.25, 0.3) is 0 Å². The molecule has 0 saturated carbocycles. The first kappa shape index (κ1) is 17.1. The fourth-order valence-corrected chi connectivity index (χ4v) is 2.34. The summed E-state index contributed by atoms with van der Waals surface area (Å²) >= 11 is 0. The number of nitriles is 1. The Kier molecular flexibility index (Phi) is 4.90. The first-order chi connectivity index (χ1) is 12.5. The van der Waals surface area contributed by atoms with Gasteiger partial charge in [0.2, 0.25) is 0 Å². The molecule has 0 radical (unpaired) electrons. The van der Waals surface area contributed by atoms with Crippen LogP contribution in [0, 0.1) is 25.2 Å². The highest BCUT2D eigenvalue weighted by molar-refractivity contribution is 6.03. The number of carbonyl (C=O) groups excluding carboxylic acids is 1. The third-order valence-corrected chi connectivity index (χ3v) is 3.81. The molecule has 0 bridgehead atoms. The van der Waals surface area contributed by atoms with E-state index in [1.807, 2.05) is 32.0 Å². The summed E-state index contributed by atoms with van der Waals surface area (Å²) in [7, 11) is 0. The van der Waals surface area contributed by atoms with Gasteiger partial charge in [0.25, 0.3) is 5.91 Å². The lowest BCUT2D eigenvalue weighted by Gasteiger charge is -2.09. The maximum atomic E-state index is 12.4. The Morgan fingerprint density at radius 1 is 1.04 bits per heavy atom. The molecule has 1 aromatic heterocycles. The molecule has 128 valence electrons. The number of rotatable bonds is 4. The van der Waals surface area contributed by atoms with E-state index < -0.39 is 0 Å². The topological polar surface area (TPSA) is 90.7 Å². The lowest BCUT2D eigenvalue weighted by molar-refractivity contribution is 0.102. The van der Waals surface area contributed by atoms with Crippen LogP contribution in [-0.4, -0.2) is 15.9 Å². The zero-order valence-corrected chi connectivity index (χ0v) is 14.4. The van der Waals surface area contributed by atoms with Gasteiger partial charge in [0, 0.05) is 11.4 Å². The Hall–Kier alpha value is -3.72. The fourth-order valence-electron chi connectivity index (χ4n) is 2.34. The average molecular weight is 343 g/mol. The van der Waals surface area contributed by atoms with E-state index in [1.54, 1.807) is 24.3 Å². The molecule has 2 aromatic carbocycles. The van der Waals surface area contributed by atoms with Crippen molar-refractivity contribution in [3.05, 3.63) is 77.2 Å². The molecule has 0 aliphatic rings. The first-order valence-electron chi connectivity index (χ1n) is 8.03. The van der Waals surface area contributed by atoms with Crippen LogP contribution in [0.5, 0.6) is 0 Å². The molecule has 1 amide bonds. The molecule has 6 heteroatoms. The van der Waals surface area contributed by atoms with Gasteiger partial charge in [0.15, 0.2) is 0 Å². The summed E-state index contributed by atoms with van der Waals surface area (Å²) in [6, 6.07) is 14.9. The summed E-state index contributed by atoms with van der Waals surface area (Å²) in [5, 5.41) is 14.7. The van der Waals surface area contributed by atoms with E-state index in [0.717, 1.165) is 22.5 Å². The number of hydrogen-bond donors (Lipinski definition) is 2. The number of benzene rings is 2. The van der Waals surface area contributed by atoms with Crippen molar-refractivity contribution in [2.45, 2.75) is 13.8 Å². The summed E-state index contributed by atoms with van der Waals surface area (Å²) in [5.74, 6) is 0.203. The maximum absolute atomic E-state index is 12.4. The van der Waals surface area contributed by atoms with Crippen LogP contribution in [0.3, 0.4) is 0 Å². The summed E-state index contributed by atoms with van der Waals surface area (Å²) in [4.78, 5) is 20.7. The van der Waals surface area contributed by atoms with Crippen LogP contribution in [0.15, 0.2) is 54.9 Å². The highest BCUT2D eigenvalue weighted by Crippen LogP contribution is 2.18. The number of hydrogen-bond acceptors (Lipinski definition) is 5. The van der Waals surface area contributed by atoms with E-state index in [2.05, 4.69) is 26.7 Å². The van der Waals surface area contributed by atoms with Crippen LogP contribution >= 0.6 is 0 Å². The van der Waals surface area contributed by atoms with E-state index in [9.17, 15) is 4.79 Å². The van der Waals surface area contributed by atoms with Crippen molar-refractivity contribution < 1.29 is 4.79 Å². The minimum atomic E-state index is -0.309. The number of aryl methyl sites for hydroxylation is 2. The monoisotopic (exact) mass is 343 g/mol. The molecule has 0 spiro atoms. The summed E-state index contributed by atoms with van der Waals surface area (Å²) in [6.45, 7) is 3.91. The number of nitrogens with one attached hydrogen (secondary N) is 2. The first-order valence-corrected chi connectivity index (χ1v) is 8.03. The maximum Gasteiger partial charge on any atom is 0.275 e. The van der Waals surface area contributed by atoms with E-state index in [1.165, 1.54) is 12.4 Å². The molecule has 0 atom stereocenters. The normalized spacial score (nSPS) is 10.0. The van der Waals surface area contributed by atoms with Gasteiger partial charge in [-0.25, -0.2) is 9.97 Å². The van der Waals surface area contributed by atoms with E-state index in [0.29, 0.717) is 11.4 Å². The van der Waals surface area contributed by atoms with Gasteiger partial charge in [-0.3, -0.25) is 4.79 Å². The van der Waals surface area contributed by atoms with Crippen molar-refractivity contribution in [1.29, 1.82) is 5.26 Å². The van der Waals surface area contributed by atoms with Crippen molar-refractivity contribution in [3.63, 3.8) is 0 Å². The predicted molar refractivity (Wildman–Crippen MR) is 100 cm³/mol. The zero-order chi connectivity index (χ0) is 18.5. The van der Waals surface area contributed by atoms with E-state index >= 15 is 0 Å². The molecule has 3 aromatic rings. The third-order valence-electron chi connectivity index (χ3n) is 3.81. The van der Waals surface area contributed by atoms with Gasteiger partial charge in [-0.05, 0) is 55.3 Å². The largest absolute Gasteiger partial charge is 0.339 e. The molecule has 0 unspecified atom stereocenters. The van der Waals surface area contributed by atoms with Crippen molar-refractivity contribution in [1.82, 2.24) is 9.97 Å². The van der Waals surface area contributed by atoms with Crippen LogP contribution in [-0.2, 0) is 0 Å². The lowest BCUT2D eigenvalue weighted by Crippen LogP contribution is -2.15. The van der Waals surface area contributed by atoms with Crippen LogP contribution in [0.4, 0.5) is 17.2 Å². The minimum Gasteiger partial charge on any atom is -0.339 e. The lowest BCUT2D eigenvalue weighted by atomic mass is 10.1. The number of aromatic nitrogens is 2. The third kappa shape index (κ3) is 4.02. The van der Waals surface area contributed by atoms with Crippen LogP contribution in [0.1, 0.15) is 27.2 Å². The summed E-state index contributed by atoms with van der Waals surface area (Å²) in [6.07, 6.45) is 2.92. The molecular formula is C20H17N5O. The van der Waals surface area contributed by atoms with Gasteiger partial charge in [-0.1, -0.05) is 12.1 Å². The fraction of sp³-hybridized carbons (Fsp3) is 0.100. The van der Waals surface area contributed by atoms with E-state index in [4.69, 9.17) is 5.26 Å². The Morgan fingerprint density at radius 2 is 1.81 bits per heavy atom. The molecule has 26 heavy (non-hydrogen) atoms. The van der Waals surface area contributed by atoms with Gasteiger partial charge in [-0.15, -0.1) is 0 Å². The van der Waals surface area contributed by atoms with Crippen LogP contribution in [0.2, 0.25) is 0 Å². The van der Waals surface area contributed by atoms with Crippen LogP contribution < -0.4 is 10.6 Å². The molecule has 6 nitrogen and oxygen atoms in total. The molecule has 0 saturated heterocycles. The standard InChI is InChI=1S/C20H17N5O/c1-13-3-4-14(2)17(9-13)25-20(26)18-11-23-19(12-22-18)24-16-7-5-15(10-21)6-8-16/h3-9,11-12H,1-2H3,(H,23,24)(H,25,26). The Balaban J connectivity index is 1.69. The molecule has 0 aliphatic carbocycles. The Morgan fingerprint density at radius 3 is 2.46 bits per heavy atom. The van der Waals surface area contributed by atoms with Gasteiger partial charge < -0.3 is 10.6 Å². The Bertz CT molecular complexity index is 973. The number of amides is 1. The highest BCUT2D eigenvalue weighted by Gasteiger charge is 2.10. The predicted octanol–water partition coefficient (Wildman–Crippen LogP) is 3.96. The van der Waals surface area contributed by atoms with E-state index in [-0.39, 0.29) is 11.6 Å². The molecule has 1 heterocycles. The molecule has 3 rings (SSSR count).